The Labute approximate surface area is 256 Å². The molecule has 0 aliphatic heterocycles. The molecule has 2 amide bonds. The van der Waals surface area contributed by atoms with Crippen LogP contribution in [0.4, 0.5) is 10.5 Å². The third-order valence-corrected chi connectivity index (χ3v) is 9.87. The Morgan fingerprint density at radius 3 is 2.21 bits per heavy atom. The fraction of sp³-hybridized carbons (Fsp3) is 0.312. The van der Waals surface area contributed by atoms with Gasteiger partial charge in [-0.25, -0.2) is 18.2 Å². The fourth-order valence-electron chi connectivity index (χ4n) is 5.89. The van der Waals surface area contributed by atoms with E-state index in [4.69, 9.17) is 22.3 Å². The molecule has 220 valence electrons. The first kappa shape index (κ1) is 30.1. The van der Waals surface area contributed by atoms with E-state index in [1.54, 1.807) is 12.1 Å². The second kappa shape index (κ2) is 13.3. The van der Waals surface area contributed by atoms with E-state index in [2.05, 4.69) is 53.3 Å². The lowest BCUT2D eigenvalue weighted by Gasteiger charge is -2.37. The molecule has 0 spiro atoms. The molecule has 3 aromatic carbocycles. The summed E-state index contributed by atoms with van der Waals surface area (Å²) in [5, 5.41) is 0.953. The summed E-state index contributed by atoms with van der Waals surface area (Å²) in [5.41, 5.74) is 10.4. The van der Waals surface area contributed by atoms with Crippen LogP contribution in [-0.2, 0) is 10.0 Å². The Bertz CT molecular complexity index is 1560. The summed E-state index contributed by atoms with van der Waals surface area (Å²) < 4.78 is 26.1. The zero-order valence-electron chi connectivity index (χ0n) is 23.4. The molecule has 2 atom stereocenters. The molecule has 1 aliphatic rings. The Morgan fingerprint density at radius 2 is 1.64 bits per heavy atom. The van der Waals surface area contributed by atoms with Gasteiger partial charge >= 0.3 is 6.03 Å². The predicted molar refractivity (Wildman–Crippen MR) is 172 cm³/mol. The van der Waals surface area contributed by atoms with Crippen LogP contribution in [0, 0.1) is 0 Å². The lowest BCUT2D eigenvalue weighted by atomic mass is 9.84. The molecule has 2 unspecified atom stereocenters. The lowest BCUT2D eigenvalue weighted by molar-refractivity contribution is 0.155. The van der Waals surface area contributed by atoms with E-state index in [1.165, 1.54) is 22.5 Å². The predicted octanol–water partition coefficient (Wildman–Crippen LogP) is 7.46. The van der Waals surface area contributed by atoms with E-state index >= 15 is 0 Å². The average molecular weight is 623 g/mol. The Kier molecular flexibility index (Phi) is 9.50. The number of rotatable bonds is 10. The molecule has 4 aromatic rings. The zero-order valence-corrected chi connectivity index (χ0v) is 25.8. The van der Waals surface area contributed by atoms with Crippen molar-refractivity contribution < 1.29 is 13.2 Å². The van der Waals surface area contributed by atoms with Crippen LogP contribution in [0.2, 0.25) is 4.34 Å². The van der Waals surface area contributed by atoms with E-state index < -0.39 is 10.0 Å². The van der Waals surface area contributed by atoms with Crippen molar-refractivity contribution in [2.24, 2.45) is 5.73 Å². The number of benzene rings is 3. The van der Waals surface area contributed by atoms with Crippen LogP contribution in [0.25, 0.3) is 11.3 Å². The molecule has 3 N–H and O–H groups in total. The van der Waals surface area contributed by atoms with Crippen LogP contribution in [0.5, 0.6) is 0 Å². The van der Waals surface area contributed by atoms with E-state index in [-0.39, 0.29) is 23.9 Å². The summed E-state index contributed by atoms with van der Waals surface area (Å²) >= 11 is 8.13. The van der Waals surface area contributed by atoms with E-state index in [1.807, 2.05) is 29.2 Å². The van der Waals surface area contributed by atoms with Gasteiger partial charge in [0.05, 0.1) is 11.3 Å². The number of halogens is 1. The number of carbonyl (C=O) groups is 1. The molecule has 7 nitrogen and oxygen atoms in total. The zero-order chi connectivity index (χ0) is 29.7. The highest BCUT2D eigenvalue weighted by Gasteiger charge is 2.32. The maximum absolute atomic E-state index is 12.8. The number of sulfonamides is 1. The SMILES string of the molecule is CS(=O)(=O)Nc1ccc(-c2nc(C3CCCC(N(CCC(c4ccccc4)c4ccccc4)C(N)=O)C3)sc2Cl)cc1. The number of aromatic nitrogens is 1. The molecule has 42 heavy (non-hydrogen) atoms. The van der Waals surface area contributed by atoms with Gasteiger partial charge in [-0.15, -0.1) is 11.3 Å². The second-order valence-electron chi connectivity index (χ2n) is 10.8. The molecule has 1 aromatic heterocycles. The lowest BCUT2D eigenvalue weighted by Crippen LogP contribution is -2.46. The molecular weight excluding hydrogens is 588 g/mol. The standard InChI is InChI=1S/C32H35ClN4O3S2/c1-42(39,40)36-26-17-15-24(16-18-26)29-30(33)41-31(35-29)25-13-8-14-27(21-25)37(32(34)38)20-19-28(22-9-4-2-5-10-22)23-11-6-3-7-12-23/h2-7,9-12,15-18,25,27-28,36H,8,13-14,19-21H2,1H3,(H2,34,38). The summed E-state index contributed by atoms with van der Waals surface area (Å²) in [6.07, 6.45) is 5.52. The van der Waals surface area contributed by atoms with Gasteiger partial charge in [0.15, 0.2) is 0 Å². The highest BCUT2D eigenvalue weighted by molar-refractivity contribution is 7.92. The van der Waals surface area contributed by atoms with Crippen molar-refractivity contribution in [1.82, 2.24) is 9.88 Å². The van der Waals surface area contributed by atoms with Gasteiger partial charge in [-0.2, -0.15) is 0 Å². The van der Waals surface area contributed by atoms with Gasteiger partial charge in [-0.3, -0.25) is 4.72 Å². The molecule has 1 fully saturated rings. The summed E-state index contributed by atoms with van der Waals surface area (Å²) in [5.74, 6) is 0.333. The highest BCUT2D eigenvalue weighted by Crippen LogP contribution is 2.42. The van der Waals surface area contributed by atoms with Crippen LogP contribution in [0.3, 0.4) is 0 Å². The summed E-state index contributed by atoms with van der Waals surface area (Å²) in [7, 11) is -3.36. The van der Waals surface area contributed by atoms with Crippen LogP contribution in [-0.4, -0.2) is 43.2 Å². The van der Waals surface area contributed by atoms with Gasteiger partial charge in [-0.05, 0) is 48.9 Å². The minimum absolute atomic E-state index is 0.0286. The molecule has 1 heterocycles. The van der Waals surface area contributed by atoms with Gasteiger partial charge < -0.3 is 10.6 Å². The number of primary amides is 1. The first-order valence-corrected chi connectivity index (χ1v) is 17.2. The molecule has 5 rings (SSSR count). The number of hydrogen-bond donors (Lipinski definition) is 2. The van der Waals surface area contributed by atoms with Crippen LogP contribution in [0.1, 0.15) is 60.1 Å². The number of carbonyl (C=O) groups excluding carboxylic acids is 1. The first-order chi connectivity index (χ1) is 20.2. The van der Waals surface area contributed by atoms with Crippen LogP contribution in [0.15, 0.2) is 84.9 Å². The van der Waals surface area contributed by atoms with Gasteiger partial charge in [0.1, 0.15) is 10.0 Å². The summed E-state index contributed by atoms with van der Waals surface area (Å²) in [6.45, 7) is 0.568. The Morgan fingerprint density at radius 1 is 1.02 bits per heavy atom. The van der Waals surface area contributed by atoms with Gasteiger partial charge in [0.25, 0.3) is 0 Å². The number of nitrogens with one attached hydrogen (secondary N) is 1. The minimum Gasteiger partial charge on any atom is -0.351 e. The number of nitrogens with two attached hydrogens (primary N) is 1. The number of urea groups is 1. The van der Waals surface area contributed by atoms with E-state index in [0.717, 1.165) is 48.9 Å². The molecule has 1 saturated carbocycles. The number of nitrogens with zero attached hydrogens (tertiary/aromatic N) is 2. The van der Waals surface area contributed by atoms with Gasteiger partial charge in [-0.1, -0.05) is 90.8 Å². The molecule has 0 saturated heterocycles. The third-order valence-electron chi connectivity index (χ3n) is 7.85. The minimum atomic E-state index is -3.36. The quantitative estimate of drug-likeness (QED) is 0.191. The molecular formula is C32H35ClN4O3S2. The van der Waals surface area contributed by atoms with Crippen molar-refractivity contribution in [2.75, 3.05) is 17.5 Å². The van der Waals surface area contributed by atoms with Crippen molar-refractivity contribution in [3.8, 4) is 11.3 Å². The molecule has 10 heteroatoms. The number of thiazole rings is 1. The van der Waals surface area contributed by atoms with Crippen molar-refractivity contribution >= 4 is 44.7 Å². The fourth-order valence-corrected chi connectivity index (χ4v) is 7.80. The van der Waals surface area contributed by atoms with Crippen LogP contribution >= 0.6 is 22.9 Å². The third kappa shape index (κ3) is 7.51. The Balaban J connectivity index is 1.30. The topological polar surface area (TPSA) is 105 Å². The highest BCUT2D eigenvalue weighted by atomic mass is 35.5. The van der Waals surface area contributed by atoms with Crippen molar-refractivity contribution in [1.29, 1.82) is 0 Å². The largest absolute Gasteiger partial charge is 0.351 e. The summed E-state index contributed by atoms with van der Waals surface area (Å²) in [6, 6.07) is 27.5. The number of hydrogen-bond acceptors (Lipinski definition) is 5. The van der Waals surface area contributed by atoms with E-state index in [0.29, 0.717) is 22.3 Å². The second-order valence-corrected chi connectivity index (χ2v) is 14.2. The molecule has 0 radical (unpaired) electrons. The normalized spacial score (nSPS) is 17.2. The van der Waals surface area contributed by atoms with Crippen LogP contribution < -0.4 is 10.5 Å². The van der Waals surface area contributed by atoms with E-state index in [9.17, 15) is 13.2 Å². The number of anilines is 1. The Hall–Kier alpha value is -3.40. The maximum atomic E-state index is 12.8. The van der Waals surface area contributed by atoms with Gasteiger partial charge in [0, 0.05) is 35.7 Å². The van der Waals surface area contributed by atoms with Gasteiger partial charge in [0.2, 0.25) is 10.0 Å². The molecule has 0 bridgehead atoms. The number of amides is 2. The van der Waals surface area contributed by atoms with Crippen molar-refractivity contribution in [3.05, 3.63) is 105 Å². The smallest absolute Gasteiger partial charge is 0.315 e. The van der Waals surface area contributed by atoms with Crippen molar-refractivity contribution in [3.63, 3.8) is 0 Å². The monoisotopic (exact) mass is 622 g/mol. The maximum Gasteiger partial charge on any atom is 0.315 e. The molecule has 1 aliphatic carbocycles. The first-order valence-electron chi connectivity index (χ1n) is 14.1. The summed E-state index contributed by atoms with van der Waals surface area (Å²) in [4.78, 5) is 19.5. The average Bonchev–Trinajstić information content (AvgIpc) is 3.37. The van der Waals surface area contributed by atoms with Crippen molar-refractivity contribution in [2.45, 2.75) is 50.0 Å².